The number of aromatic nitrogens is 3. The van der Waals surface area contributed by atoms with Crippen LogP contribution < -0.4 is 15.8 Å². The number of nitrogen functional groups attached to an aromatic ring is 1. The molecule has 1 saturated carbocycles. The summed E-state index contributed by atoms with van der Waals surface area (Å²) in [5.74, 6) is 0.968. The van der Waals surface area contributed by atoms with Crippen LogP contribution in [0.3, 0.4) is 0 Å². The van der Waals surface area contributed by atoms with Crippen molar-refractivity contribution >= 4 is 40.5 Å². The SMILES string of the molecule is CCCCCNc1nc(N)nc2ccn(Cc3ccc(CN(C(=O)CCN4C(=O)CC(C)C4=O)C4CC4)cc3OC)c12. The Labute approximate surface area is 246 Å². The molecule has 2 aromatic heterocycles. The highest BCUT2D eigenvalue weighted by atomic mass is 16.5. The smallest absolute Gasteiger partial charge is 0.232 e. The molecule has 1 aromatic carbocycles. The number of carbonyl (C=O) groups is 3. The first-order chi connectivity index (χ1) is 20.3. The summed E-state index contributed by atoms with van der Waals surface area (Å²) < 4.78 is 7.88. The van der Waals surface area contributed by atoms with E-state index in [1.807, 2.05) is 35.4 Å². The average molecular weight is 576 g/mol. The summed E-state index contributed by atoms with van der Waals surface area (Å²) in [5.41, 5.74) is 9.60. The Kier molecular flexibility index (Phi) is 8.94. The molecule has 3 amide bonds. The van der Waals surface area contributed by atoms with E-state index in [-0.39, 0.29) is 55.0 Å². The number of hydrogen-bond donors (Lipinski definition) is 2. The molecule has 1 aliphatic carbocycles. The molecule has 0 spiro atoms. The highest BCUT2D eigenvalue weighted by molar-refractivity contribution is 6.03. The Morgan fingerprint density at radius 3 is 2.69 bits per heavy atom. The van der Waals surface area contributed by atoms with Gasteiger partial charge in [-0.15, -0.1) is 0 Å². The Morgan fingerprint density at radius 1 is 1.19 bits per heavy atom. The van der Waals surface area contributed by atoms with E-state index >= 15 is 0 Å². The van der Waals surface area contributed by atoms with Crippen LogP contribution in [-0.4, -0.2) is 68.3 Å². The largest absolute Gasteiger partial charge is 0.496 e. The number of nitrogens with one attached hydrogen (secondary N) is 1. The minimum absolute atomic E-state index is 0.0438. The number of likely N-dealkylation sites (tertiary alicyclic amines) is 1. The molecule has 1 unspecified atom stereocenters. The van der Waals surface area contributed by atoms with Crippen LogP contribution in [-0.2, 0) is 27.5 Å². The van der Waals surface area contributed by atoms with Gasteiger partial charge in [0.1, 0.15) is 11.3 Å². The predicted octanol–water partition coefficient (Wildman–Crippen LogP) is 3.95. The summed E-state index contributed by atoms with van der Waals surface area (Å²) >= 11 is 0. The van der Waals surface area contributed by atoms with Crippen molar-refractivity contribution in [1.29, 1.82) is 0 Å². The average Bonchev–Trinajstić information content (AvgIpc) is 3.69. The van der Waals surface area contributed by atoms with E-state index in [1.165, 1.54) is 4.90 Å². The normalized spacial score (nSPS) is 16.8. The third kappa shape index (κ3) is 6.50. The topological polar surface area (TPSA) is 136 Å². The van der Waals surface area contributed by atoms with Crippen LogP contribution in [0.5, 0.6) is 5.75 Å². The summed E-state index contributed by atoms with van der Waals surface area (Å²) in [6.07, 6.45) is 7.59. The van der Waals surface area contributed by atoms with Crippen LogP contribution in [0.25, 0.3) is 11.0 Å². The highest BCUT2D eigenvalue weighted by Gasteiger charge is 2.37. The molecule has 1 atom stereocenters. The van der Waals surface area contributed by atoms with E-state index < -0.39 is 0 Å². The number of methoxy groups -OCH3 is 1. The number of ether oxygens (including phenoxy) is 1. The van der Waals surface area contributed by atoms with Crippen LogP contribution in [0.2, 0.25) is 0 Å². The molecule has 3 heterocycles. The number of amides is 3. The summed E-state index contributed by atoms with van der Waals surface area (Å²) in [7, 11) is 1.65. The monoisotopic (exact) mass is 575 g/mol. The van der Waals surface area contributed by atoms with Crippen LogP contribution in [0.1, 0.15) is 69.9 Å². The number of imide groups is 1. The Balaban J connectivity index is 1.29. The fourth-order valence-corrected chi connectivity index (χ4v) is 5.60. The molecule has 42 heavy (non-hydrogen) atoms. The zero-order valence-electron chi connectivity index (χ0n) is 24.8. The molecule has 224 valence electrons. The minimum Gasteiger partial charge on any atom is -0.496 e. The molecule has 1 aliphatic heterocycles. The third-order valence-electron chi connectivity index (χ3n) is 8.07. The predicted molar refractivity (Wildman–Crippen MR) is 161 cm³/mol. The van der Waals surface area contributed by atoms with Crippen LogP contribution in [0, 0.1) is 5.92 Å². The number of anilines is 2. The molecular weight excluding hydrogens is 534 g/mol. The fraction of sp³-hybridized carbons (Fsp3) is 0.516. The Bertz CT molecular complexity index is 1460. The molecule has 2 fully saturated rings. The maximum atomic E-state index is 13.2. The molecule has 0 radical (unpaired) electrons. The van der Waals surface area contributed by atoms with Crippen molar-refractivity contribution in [3.05, 3.63) is 41.6 Å². The van der Waals surface area contributed by atoms with Crippen molar-refractivity contribution in [2.24, 2.45) is 5.92 Å². The van der Waals surface area contributed by atoms with Gasteiger partial charge in [-0.2, -0.15) is 4.98 Å². The van der Waals surface area contributed by atoms with Gasteiger partial charge in [-0.3, -0.25) is 19.3 Å². The number of nitrogens with two attached hydrogens (primary N) is 1. The Morgan fingerprint density at radius 2 is 2.00 bits per heavy atom. The molecule has 2 aliphatic rings. The number of unbranched alkanes of at least 4 members (excludes halogenated alkanes) is 2. The van der Waals surface area contributed by atoms with E-state index in [1.54, 1.807) is 14.0 Å². The molecule has 0 bridgehead atoms. The van der Waals surface area contributed by atoms with Crippen LogP contribution >= 0.6 is 0 Å². The number of nitrogens with zero attached hydrogens (tertiary/aromatic N) is 5. The summed E-state index contributed by atoms with van der Waals surface area (Å²) in [6, 6.07) is 8.17. The second-order valence-corrected chi connectivity index (χ2v) is 11.4. The van der Waals surface area contributed by atoms with Gasteiger partial charge in [-0.05, 0) is 37.0 Å². The first-order valence-corrected chi connectivity index (χ1v) is 14.9. The zero-order valence-corrected chi connectivity index (χ0v) is 24.8. The molecule has 11 heteroatoms. The molecule has 3 N–H and O–H groups in total. The van der Waals surface area contributed by atoms with Crippen LogP contribution in [0.15, 0.2) is 30.5 Å². The lowest BCUT2D eigenvalue weighted by Gasteiger charge is -2.24. The number of hydrogen-bond acceptors (Lipinski definition) is 8. The van der Waals surface area contributed by atoms with Gasteiger partial charge in [0, 0.05) is 56.2 Å². The lowest BCUT2D eigenvalue weighted by molar-refractivity contribution is -0.140. The summed E-state index contributed by atoms with van der Waals surface area (Å²) in [5, 5.41) is 3.44. The maximum Gasteiger partial charge on any atom is 0.232 e. The van der Waals surface area contributed by atoms with E-state index in [0.29, 0.717) is 13.1 Å². The molecule has 3 aromatic rings. The standard InChI is InChI=1S/C31H41N7O4/c1-4-5-6-13-33-29-28-24(34-31(32)35-29)11-14-36(28)19-22-8-7-21(17-25(22)42-3)18-38(23-9-10-23)26(39)12-15-37-27(40)16-20(2)30(37)41/h7-8,11,14,17,20,23H,4-6,9-10,12-13,15-16,18-19H2,1-3H3,(H3,32,33,34,35). The van der Waals surface area contributed by atoms with Gasteiger partial charge in [-0.1, -0.05) is 38.8 Å². The third-order valence-corrected chi connectivity index (χ3v) is 8.07. The molecular formula is C31H41N7O4. The summed E-state index contributed by atoms with van der Waals surface area (Å²) in [4.78, 5) is 49.7. The molecule has 5 rings (SSSR count). The minimum atomic E-state index is -0.304. The van der Waals surface area contributed by atoms with Gasteiger partial charge in [0.15, 0.2) is 5.82 Å². The quantitative estimate of drug-likeness (QED) is 0.218. The van der Waals surface area contributed by atoms with Crippen LogP contribution in [0.4, 0.5) is 11.8 Å². The number of benzene rings is 1. The van der Waals surface area contributed by atoms with Gasteiger partial charge in [0.2, 0.25) is 23.7 Å². The second-order valence-electron chi connectivity index (χ2n) is 11.4. The van der Waals surface area contributed by atoms with Gasteiger partial charge < -0.3 is 25.3 Å². The number of fused-ring (bicyclic) bond motifs is 1. The van der Waals surface area contributed by atoms with Gasteiger partial charge in [0.25, 0.3) is 0 Å². The zero-order chi connectivity index (χ0) is 29.8. The number of carbonyl (C=O) groups excluding carboxylic acids is 3. The van der Waals surface area contributed by atoms with Crippen molar-refractivity contribution in [3.8, 4) is 5.75 Å². The maximum absolute atomic E-state index is 13.2. The first kappa shape index (κ1) is 29.3. The van der Waals surface area contributed by atoms with Crippen molar-refractivity contribution in [3.63, 3.8) is 0 Å². The molecule has 11 nitrogen and oxygen atoms in total. The Hall–Kier alpha value is -4.15. The van der Waals surface area contributed by atoms with Crippen molar-refractivity contribution < 1.29 is 19.1 Å². The van der Waals surface area contributed by atoms with E-state index in [0.717, 1.165) is 72.4 Å². The lowest BCUT2D eigenvalue weighted by atomic mass is 10.1. The lowest BCUT2D eigenvalue weighted by Crippen LogP contribution is -2.37. The van der Waals surface area contributed by atoms with Crippen molar-refractivity contribution in [2.45, 2.75) is 77.9 Å². The number of rotatable bonds is 14. The first-order valence-electron chi connectivity index (χ1n) is 14.9. The van der Waals surface area contributed by atoms with Gasteiger partial charge >= 0.3 is 0 Å². The molecule has 1 saturated heterocycles. The summed E-state index contributed by atoms with van der Waals surface area (Å²) in [6.45, 7) is 5.87. The highest BCUT2D eigenvalue weighted by Crippen LogP contribution is 2.32. The van der Waals surface area contributed by atoms with Gasteiger partial charge in [0.05, 0.1) is 19.2 Å². The van der Waals surface area contributed by atoms with Gasteiger partial charge in [-0.25, -0.2) is 4.98 Å². The van der Waals surface area contributed by atoms with Crippen molar-refractivity contribution in [1.82, 2.24) is 24.3 Å². The second kappa shape index (κ2) is 12.8. The van der Waals surface area contributed by atoms with E-state index in [2.05, 4.69) is 26.8 Å². The van der Waals surface area contributed by atoms with E-state index in [9.17, 15) is 14.4 Å². The van der Waals surface area contributed by atoms with E-state index in [4.69, 9.17) is 10.5 Å². The fourth-order valence-electron chi connectivity index (χ4n) is 5.60. The van der Waals surface area contributed by atoms with Crippen molar-refractivity contribution in [2.75, 3.05) is 31.2 Å².